The first kappa shape index (κ1) is 15.9. The highest BCUT2D eigenvalue weighted by atomic mass is 32.1. The number of thiophene rings is 1. The molecule has 0 unspecified atom stereocenters. The summed E-state index contributed by atoms with van der Waals surface area (Å²) >= 11 is 1.82. The van der Waals surface area contributed by atoms with Crippen LogP contribution < -0.4 is 14.8 Å². The lowest BCUT2D eigenvalue weighted by molar-refractivity contribution is 0.0997. The Balaban J connectivity index is 1.37. The summed E-state index contributed by atoms with van der Waals surface area (Å²) in [7, 11) is 0. The van der Waals surface area contributed by atoms with Crippen LogP contribution in [0.4, 0.5) is 5.82 Å². The first-order valence-electron chi connectivity index (χ1n) is 9.15. The van der Waals surface area contributed by atoms with E-state index in [0.717, 1.165) is 40.9 Å². The third kappa shape index (κ3) is 2.78. The highest BCUT2D eigenvalue weighted by Gasteiger charge is 2.24. The average Bonchev–Trinajstić information content (AvgIpc) is 3.04. The molecule has 0 saturated heterocycles. The van der Waals surface area contributed by atoms with Crippen LogP contribution in [0, 0.1) is 5.92 Å². The minimum Gasteiger partial charge on any atom is -0.486 e. The number of aryl methyl sites for hydroxylation is 1. The van der Waals surface area contributed by atoms with Gasteiger partial charge in [-0.1, -0.05) is 19.1 Å². The fourth-order valence-corrected chi connectivity index (χ4v) is 5.13. The Morgan fingerprint density at radius 1 is 1.23 bits per heavy atom. The summed E-state index contributed by atoms with van der Waals surface area (Å²) < 4.78 is 11.8. The Hall–Kier alpha value is -2.34. The number of aromatic nitrogens is 2. The first-order chi connectivity index (χ1) is 12.8. The van der Waals surface area contributed by atoms with Crippen molar-refractivity contribution in [3.8, 4) is 11.5 Å². The summed E-state index contributed by atoms with van der Waals surface area (Å²) in [5.74, 6) is 3.30. The van der Waals surface area contributed by atoms with Crippen molar-refractivity contribution in [2.45, 2.75) is 32.3 Å². The van der Waals surface area contributed by atoms with Gasteiger partial charge in [0.15, 0.2) is 11.5 Å². The molecule has 1 aromatic carbocycles. The molecule has 5 nitrogen and oxygen atoms in total. The monoisotopic (exact) mass is 367 g/mol. The summed E-state index contributed by atoms with van der Waals surface area (Å²) in [4.78, 5) is 11.6. The van der Waals surface area contributed by atoms with Gasteiger partial charge in [0.2, 0.25) is 0 Å². The molecule has 0 fully saturated rings. The van der Waals surface area contributed by atoms with Crippen LogP contribution in [0.1, 0.15) is 23.8 Å². The molecule has 134 valence electrons. The summed E-state index contributed by atoms with van der Waals surface area (Å²) in [6.45, 7) is 3.52. The van der Waals surface area contributed by atoms with Crippen LogP contribution in [0.25, 0.3) is 10.2 Å². The summed E-state index contributed by atoms with van der Waals surface area (Å²) in [6.07, 6.45) is 5.14. The van der Waals surface area contributed by atoms with Crippen LogP contribution in [0.5, 0.6) is 11.5 Å². The van der Waals surface area contributed by atoms with E-state index in [0.29, 0.717) is 13.2 Å². The lowest BCUT2D eigenvalue weighted by Crippen LogP contribution is -2.35. The molecule has 0 bridgehead atoms. The SMILES string of the molecule is C[C@@H]1CCc2c(sc3ncnc(NC[C@H]4COc5ccccc5O4)c23)C1. The number of ether oxygens (including phenoxy) is 2. The maximum Gasteiger partial charge on any atom is 0.161 e. The molecule has 0 spiro atoms. The molecule has 0 amide bonds. The zero-order valence-electron chi connectivity index (χ0n) is 14.7. The summed E-state index contributed by atoms with van der Waals surface area (Å²) in [6, 6.07) is 7.80. The highest BCUT2D eigenvalue weighted by molar-refractivity contribution is 7.19. The van der Waals surface area contributed by atoms with Gasteiger partial charge < -0.3 is 14.8 Å². The second kappa shape index (κ2) is 6.43. The fraction of sp³-hybridized carbons (Fsp3) is 0.400. The van der Waals surface area contributed by atoms with E-state index in [1.165, 1.54) is 22.2 Å². The lowest BCUT2D eigenvalue weighted by atomic mass is 9.89. The molecule has 26 heavy (non-hydrogen) atoms. The van der Waals surface area contributed by atoms with Crippen LogP contribution in [0.2, 0.25) is 0 Å². The van der Waals surface area contributed by atoms with Crippen molar-refractivity contribution in [1.82, 2.24) is 9.97 Å². The van der Waals surface area contributed by atoms with E-state index in [2.05, 4.69) is 22.2 Å². The number of para-hydroxylation sites is 2. The van der Waals surface area contributed by atoms with Gasteiger partial charge in [-0.25, -0.2) is 9.97 Å². The van der Waals surface area contributed by atoms with Gasteiger partial charge in [0.25, 0.3) is 0 Å². The zero-order valence-corrected chi connectivity index (χ0v) is 15.5. The normalized spacial score (nSPS) is 21.4. The van der Waals surface area contributed by atoms with Gasteiger partial charge in [0.05, 0.1) is 11.9 Å². The van der Waals surface area contributed by atoms with E-state index in [-0.39, 0.29) is 6.10 Å². The molecule has 2 aromatic heterocycles. The van der Waals surface area contributed by atoms with Crippen LogP contribution >= 0.6 is 11.3 Å². The number of benzene rings is 1. The number of nitrogens with zero attached hydrogens (tertiary/aromatic N) is 2. The van der Waals surface area contributed by atoms with Gasteiger partial charge in [0, 0.05) is 4.88 Å². The second-order valence-electron chi connectivity index (χ2n) is 7.13. The van der Waals surface area contributed by atoms with Crippen LogP contribution in [-0.2, 0) is 12.8 Å². The fourth-order valence-electron chi connectivity index (χ4n) is 3.78. The first-order valence-corrected chi connectivity index (χ1v) is 9.97. The maximum absolute atomic E-state index is 6.05. The lowest BCUT2D eigenvalue weighted by Gasteiger charge is -2.26. The summed E-state index contributed by atoms with van der Waals surface area (Å²) in [5.41, 5.74) is 1.44. The number of nitrogens with one attached hydrogen (secondary N) is 1. The highest BCUT2D eigenvalue weighted by Crippen LogP contribution is 2.39. The molecule has 0 saturated carbocycles. The molecule has 5 rings (SSSR count). The number of fused-ring (bicyclic) bond motifs is 4. The van der Waals surface area contributed by atoms with Gasteiger partial charge in [-0.05, 0) is 42.9 Å². The average molecular weight is 367 g/mol. The Bertz CT molecular complexity index is 955. The van der Waals surface area contributed by atoms with E-state index in [1.807, 2.05) is 35.6 Å². The van der Waals surface area contributed by atoms with E-state index >= 15 is 0 Å². The Morgan fingerprint density at radius 3 is 3.04 bits per heavy atom. The van der Waals surface area contributed by atoms with Crippen molar-refractivity contribution < 1.29 is 9.47 Å². The van der Waals surface area contributed by atoms with E-state index in [1.54, 1.807) is 6.33 Å². The molecule has 3 heterocycles. The van der Waals surface area contributed by atoms with Crippen molar-refractivity contribution >= 4 is 27.4 Å². The van der Waals surface area contributed by atoms with Crippen molar-refractivity contribution in [2.75, 3.05) is 18.5 Å². The van der Waals surface area contributed by atoms with Gasteiger partial charge >= 0.3 is 0 Å². The van der Waals surface area contributed by atoms with Gasteiger partial charge in [-0.2, -0.15) is 0 Å². The van der Waals surface area contributed by atoms with E-state index in [9.17, 15) is 0 Å². The Kier molecular flexibility index (Phi) is 3.93. The quantitative estimate of drug-likeness (QED) is 0.756. The van der Waals surface area contributed by atoms with Crippen molar-refractivity contribution in [2.24, 2.45) is 5.92 Å². The molecule has 0 radical (unpaired) electrons. The predicted molar refractivity (Wildman–Crippen MR) is 103 cm³/mol. The predicted octanol–water partition coefficient (Wildman–Crippen LogP) is 4.07. The van der Waals surface area contributed by atoms with E-state index < -0.39 is 0 Å². The molecular formula is C20H21N3O2S. The van der Waals surface area contributed by atoms with Crippen LogP contribution in [0.15, 0.2) is 30.6 Å². The molecule has 1 N–H and O–H groups in total. The second-order valence-corrected chi connectivity index (χ2v) is 8.22. The number of rotatable bonds is 3. The minimum absolute atomic E-state index is 0.0376. The third-order valence-corrected chi connectivity index (χ3v) is 6.32. The Labute approximate surface area is 156 Å². The zero-order chi connectivity index (χ0) is 17.5. The smallest absolute Gasteiger partial charge is 0.161 e. The number of hydrogen-bond donors (Lipinski definition) is 1. The molecule has 2 atom stereocenters. The van der Waals surface area contributed by atoms with Crippen LogP contribution in [-0.4, -0.2) is 29.2 Å². The molecule has 1 aliphatic carbocycles. The van der Waals surface area contributed by atoms with Crippen LogP contribution in [0.3, 0.4) is 0 Å². The van der Waals surface area contributed by atoms with E-state index in [4.69, 9.17) is 9.47 Å². The minimum atomic E-state index is -0.0376. The Morgan fingerprint density at radius 2 is 2.12 bits per heavy atom. The van der Waals surface area contributed by atoms with Crippen molar-refractivity contribution in [3.63, 3.8) is 0 Å². The molecule has 3 aromatic rings. The van der Waals surface area contributed by atoms with Crippen molar-refractivity contribution in [1.29, 1.82) is 0 Å². The molecular weight excluding hydrogens is 346 g/mol. The van der Waals surface area contributed by atoms with Gasteiger partial charge in [-0.3, -0.25) is 0 Å². The molecule has 6 heteroatoms. The number of hydrogen-bond acceptors (Lipinski definition) is 6. The van der Waals surface area contributed by atoms with Crippen molar-refractivity contribution in [3.05, 3.63) is 41.0 Å². The topological polar surface area (TPSA) is 56.3 Å². The molecule has 1 aliphatic heterocycles. The largest absolute Gasteiger partial charge is 0.486 e. The van der Waals surface area contributed by atoms with Gasteiger partial charge in [-0.15, -0.1) is 11.3 Å². The standard InChI is InChI=1S/C20H21N3O2S/c1-12-6-7-14-17(8-12)26-20-18(14)19(22-11-23-20)21-9-13-10-24-15-4-2-3-5-16(15)25-13/h2-5,11-13H,6-10H2,1H3,(H,21,22,23)/t12-,13+/m1/s1. The molecule has 2 aliphatic rings. The summed E-state index contributed by atoms with van der Waals surface area (Å²) in [5, 5.41) is 4.69. The number of anilines is 1. The van der Waals surface area contributed by atoms with Gasteiger partial charge in [0.1, 0.15) is 29.7 Å². The maximum atomic E-state index is 6.05. The third-order valence-electron chi connectivity index (χ3n) is 5.16.